The van der Waals surface area contributed by atoms with Gasteiger partial charge in [-0.25, -0.2) is 8.78 Å². The molecule has 0 aliphatic heterocycles. The number of carbonyl (C=O) groups is 1. The maximum atomic E-state index is 13.5. The number of amides is 1. The first-order valence-electron chi connectivity index (χ1n) is 10.8. The Kier molecular flexibility index (Phi) is 6.67. The van der Waals surface area contributed by atoms with Crippen molar-refractivity contribution in [2.24, 2.45) is 0 Å². The van der Waals surface area contributed by atoms with Crippen LogP contribution in [0.5, 0.6) is 5.75 Å². The van der Waals surface area contributed by atoms with Gasteiger partial charge < -0.3 is 14.6 Å². The molecule has 6 nitrogen and oxygen atoms in total. The molecule has 2 aromatic carbocycles. The highest BCUT2D eigenvalue weighted by atomic mass is 19.2. The van der Waals surface area contributed by atoms with Crippen LogP contribution in [0.4, 0.5) is 8.78 Å². The number of benzene rings is 2. The minimum absolute atomic E-state index is 0.000567. The average molecular weight is 463 g/mol. The van der Waals surface area contributed by atoms with Crippen molar-refractivity contribution in [3.63, 3.8) is 0 Å². The molecular formula is C26H23F2N3O3. The van der Waals surface area contributed by atoms with E-state index in [1.807, 2.05) is 32.0 Å². The van der Waals surface area contributed by atoms with Gasteiger partial charge in [-0.1, -0.05) is 12.1 Å². The summed E-state index contributed by atoms with van der Waals surface area (Å²) in [6, 6.07) is 13.8. The van der Waals surface area contributed by atoms with Crippen molar-refractivity contribution in [1.29, 1.82) is 0 Å². The third-order valence-electron chi connectivity index (χ3n) is 5.18. The summed E-state index contributed by atoms with van der Waals surface area (Å²) in [6.07, 6.45) is 3.18. The molecule has 0 unspecified atom stereocenters. The smallest absolute Gasteiger partial charge is 0.263 e. The molecule has 0 aliphatic rings. The van der Waals surface area contributed by atoms with Gasteiger partial charge in [0.05, 0.1) is 18.2 Å². The van der Waals surface area contributed by atoms with E-state index >= 15 is 0 Å². The lowest BCUT2D eigenvalue weighted by atomic mass is 10.1. The Hall–Kier alpha value is -4.07. The molecule has 8 heteroatoms. The van der Waals surface area contributed by atoms with Crippen LogP contribution in [0, 0.1) is 11.6 Å². The van der Waals surface area contributed by atoms with E-state index in [0.29, 0.717) is 11.3 Å². The number of nitrogens with zero attached hydrogens (tertiary/aromatic N) is 2. The Balaban J connectivity index is 1.51. The summed E-state index contributed by atoms with van der Waals surface area (Å²) >= 11 is 0. The predicted molar refractivity (Wildman–Crippen MR) is 125 cm³/mol. The second-order valence-corrected chi connectivity index (χ2v) is 8.11. The molecule has 34 heavy (non-hydrogen) atoms. The topological polar surface area (TPSA) is 73.2 Å². The van der Waals surface area contributed by atoms with Crippen LogP contribution in [0.15, 0.2) is 71.8 Å². The van der Waals surface area contributed by atoms with Gasteiger partial charge in [0, 0.05) is 24.3 Å². The number of rotatable bonds is 7. The zero-order valence-corrected chi connectivity index (χ0v) is 18.7. The van der Waals surface area contributed by atoms with E-state index in [-0.39, 0.29) is 24.8 Å². The molecule has 4 aromatic rings. The Morgan fingerprint density at radius 1 is 1.06 bits per heavy atom. The van der Waals surface area contributed by atoms with Crippen LogP contribution in [0.1, 0.15) is 35.3 Å². The zero-order valence-electron chi connectivity index (χ0n) is 18.7. The fourth-order valence-corrected chi connectivity index (χ4v) is 3.58. The Morgan fingerprint density at radius 3 is 2.62 bits per heavy atom. The number of pyridine rings is 2. The SMILES string of the molecule is CC(C)Oc1ccnc2ccc(CNC(=O)c3cccn(Cc4ccc(F)c(F)c4)c3=O)cc12. The summed E-state index contributed by atoms with van der Waals surface area (Å²) in [7, 11) is 0. The molecule has 1 N–H and O–H groups in total. The highest BCUT2D eigenvalue weighted by molar-refractivity contribution is 5.93. The van der Waals surface area contributed by atoms with Crippen molar-refractivity contribution in [3.05, 3.63) is 106 Å². The molecule has 0 saturated heterocycles. The Morgan fingerprint density at radius 2 is 1.85 bits per heavy atom. The summed E-state index contributed by atoms with van der Waals surface area (Å²) in [5.41, 5.74) is 1.43. The number of carbonyl (C=O) groups excluding carboxylic acids is 1. The van der Waals surface area contributed by atoms with Crippen molar-refractivity contribution in [2.45, 2.75) is 33.0 Å². The van der Waals surface area contributed by atoms with E-state index < -0.39 is 23.1 Å². The molecule has 2 aromatic heterocycles. The largest absolute Gasteiger partial charge is 0.490 e. The molecule has 174 valence electrons. The average Bonchev–Trinajstić information content (AvgIpc) is 2.81. The van der Waals surface area contributed by atoms with Gasteiger partial charge in [-0.15, -0.1) is 0 Å². The van der Waals surface area contributed by atoms with Gasteiger partial charge in [-0.2, -0.15) is 0 Å². The van der Waals surface area contributed by atoms with Crippen molar-refractivity contribution in [3.8, 4) is 5.75 Å². The number of hydrogen-bond donors (Lipinski definition) is 1. The Bertz CT molecular complexity index is 1420. The number of halogens is 2. The molecule has 0 bridgehead atoms. The van der Waals surface area contributed by atoms with Crippen molar-refractivity contribution >= 4 is 16.8 Å². The molecular weight excluding hydrogens is 440 g/mol. The molecule has 0 aliphatic carbocycles. The van der Waals surface area contributed by atoms with E-state index in [1.165, 1.54) is 22.9 Å². The number of nitrogens with one attached hydrogen (secondary N) is 1. The third kappa shape index (κ3) is 5.11. The summed E-state index contributed by atoms with van der Waals surface area (Å²) in [4.78, 5) is 29.9. The first-order chi connectivity index (χ1) is 16.3. The van der Waals surface area contributed by atoms with Gasteiger partial charge in [0.15, 0.2) is 11.6 Å². The molecule has 0 atom stereocenters. The van der Waals surface area contributed by atoms with E-state index in [4.69, 9.17) is 4.74 Å². The number of ether oxygens (including phenoxy) is 1. The number of aromatic nitrogens is 2. The molecule has 0 saturated carbocycles. The van der Waals surface area contributed by atoms with Gasteiger partial charge >= 0.3 is 0 Å². The monoisotopic (exact) mass is 463 g/mol. The minimum atomic E-state index is -0.994. The van der Waals surface area contributed by atoms with Gasteiger partial charge in [0.2, 0.25) is 0 Å². The van der Waals surface area contributed by atoms with E-state index in [2.05, 4.69) is 10.3 Å². The second kappa shape index (κ2) is 9.82. The number of hydrogen-bond acceptors (Lipinski definition) is 4. The second-order valence-electron chi connectivity index (χ2n) is 8.11. The summed E-state index contributed by atoms with van der Waals surface area (Å²) in [5, 5.41) is 3.60. The highest BCUT2D eigenvalue weighted by Crippen LogP contribution is 2.26. The number of fused-ring (bicyclic) bond motifs is 1. The standard InChI is InChI=1S/C26H23F2N3O3/c1-16(2)34-24-9-10-29-23-8-6-17(12-20(23)24)14-30-25(32)19-4-3-11-31(26(19)33)15-18-5-7-21(27)22(28)13-18/h3-13,16H,14-15H2,1-2H3,(H,30,32). The molecule has 0 spiro atoms. The first kappa shape index (κ1) is 23.1. The van der Waals surface area contributed by atoms with Crippen molar-refractivity contribution in [1.82, 2.24) is 14.9 Å². The molecule has 4 rings (SSSR count). The summed E-state index contributed by atoms with van der Waals surface area (Å²) < 4.78 is 33.8. The van der Waals surface area contributed by atoms with E-state index in [0.717, 1.165) is 28.6 Å². The van der Waals surface area contributed by atoms with Crippen LogP contribution < -0.4 is 15.6 Å². The molecule has 2 heterocycles. The molecule has 0 fully saturated rings. The third-order valence-corrected chi connectivity index (χ3v) is 5.18. The fourth-order valence-electron chi connectivity index (χ4n) is 3.58. The molecule has 1 amide bonds. The van der Waals surface area contributed by atoms with Gasteiger partial charge in [0.1, 0.15) is 11.3 Å². The first-order valence-corrected chi connectivity index (χ1v) is 10.8. The Labute approximate surface area is 194 Å². The van der Waals surface area contributed by atoms with Crippen LogP contribution in [-0.4, -0.2) is 21.6 Å². The van der Waals surface area contributed by atoms with E-state index in [9.17, 15) is 18.4 Å². The fraction of sp³-hybridized carbons (Fsp3) is 0.192. The van der Waals surface area contributed by atoms with Crippen molar-refractivity contribution < 1.29 is 18.3 Å². The molecule has 0 radical (unpaired) electrons. The predicted octanol–water partition coefficient (Wildman–Crippen LogP) is 4.44. The highest BCUT2D eigenvalue weighted by Gasteiger charge is 2.13. The maximum Gasteiger partial charge on any atom is 0.263 e. The van der Waals surface area contributed by atoms with Gasteiger partial charge in [-0.05, 0) is 67.4 Å². The quantitative estimate of drug-likeness (QED) is 0.440. The lowest BCUT2D eigenvalue weighted by Crippen LogP contribution is -2.32. The van der Waals surface area contributed by atoms with Crippen LogP contribution >= 0.6 is 0 Å². The lowest BCUT2D eigenvalue weighted by molar-refractivity contribution is 0.0949. The normalized spacial score (nSPS) is 11.1. The van der Waals surface area contributed by atoms with Gasteiger partial charge in [-0.3, -0.25) is 14.6 Å². The zero-order chi connectivity index (χ0) is 24.2. The van der Waals surface area contributed by atoms with Crippen molar-refractivity contribution in [2.75, 3.05) is 0 Å². The van der Waals surface area contributed by atoms with Crippen LogP contribution in [-0.2, 0) is 13.1 Å². The summed E-state index contributed by atoms with van der Waals surface area (Å²) in [6.45, 7) is 4.08. The van der Waals surface area contributed by atoms with Crippen LogP contribution in [0.2, 0.25) is 0 Å². The minimum Gasteiger partial charge on any atom is -0.490 e. The van der Waals surface area contributed by atoms with E-state index in [1.54, 1.807) is 18.3 Å². The summed E-state index contributed by atoms with van der Waals surface area (Å²) in [5.74, 6) is -1.78. The van der Waals surface area contributed by atoms with Crippen LogP contribution in [0.25, 0.3) is 10.9 Å². The lowest BCUT2D eigenvalue weighted by Gasteiger charge is -2.13. The van der Waals surface area contributed by atoms with Crippen LogP contribution in [0.3, 0.4) is 0 Å². The maximum absolute atomic E-state index is 13.5. The van der Waals surface area contributed by atoms with Gasteiger partial charge in [0.25, 0.3) is 11.5 Å².